The molecule has 2 N–H and O–H groups in total. The van der Waals surface area contributed by atoms with Gasteiger partial charge in [0.05, 0.1) is 0 Å². The van der Waals surface area contributed by atoms with Crippen molar-refractivity contribution in [3.63, 3.8) is 0 Å². The molecule has 1 rings (SSSR count). The molecule has 0 aliphatic heterocycles. The molecule has 4 heteroatoms. The number of nitrogens with one attached hydrogen (secondary N) is 2. The third kappa shape index (κ3) is 8.92. The van der Waals surface area contributed by atoms with E-state index in [-0.39, 0.29) is 12.1 Å². The Labute approximate surface area is 147 Å². The SMILES string of the molecule is CC(C)CC(CNC(=O)OC(C)(C)C)NCC(C)c1ccccc1. The quantitative estimate of drug-likeness (QED) is 0.744. The standard InChI is InChI=1S/C20H34N2O2/c1-15(2)12-18(14-22-19(23)24-20(4,5)6)21-13-16(3)17-10-8-7-9-11-17/h7-11,15-16,18,21H,12-14H2,1-6H3,(H,22,23). The summed E-state index contributed by atoms with van der Waals surface area (Å²) in [6.45, 7) is 13.7. The van der Waals surface area contributed by atoms with Crippen LogP contribution in [-0.4, -0.2) is 30.8 Å². The van der Waals surface area contributed by atoms with Crippen LogP contribution in [0.15, 0.2) is 30.3 Å². The maximum Gasteiger partial charge on any atom is 0.407 e. The predicted octanol–water partition coefficient (Wildman–Crippen LogP) is 4.32. The third-order valence-corrected chi connectivity index (χ3v) is 3.73. The van der Waals surface area contributed by atoms with Crippen LogP contribution in [0.5, 0.6) is 0 Å². The van der Waals surface area contributed by atoms with Gasteiger partial charge in [-0.1, -0.05) is 51.1 Å². The average molecular weight is 335 g/mol. The van der Waals surface area contributed by atoms with E-state index in [2.05, 4.69) is 55.7 Å². The van der Waals surface area contributed by atoms with E-state index >= 15 is 0 Å². The lowest BCUT2D eigenvalue weighted by molar-refractivity contribution is 0.0521. The molecule has 24 heavy (non-hydrogen) atoms. The van der Waals surface area contributed by atoms with Gasteiger partial charge in [0.15, 0.2) is 0 Å². The number of carbonyl (C=O) groups excluding carboxylic acids is 1. The van der Waals surface area contributed by atoms with Crippen molar-refractivity contribution in [2.24, 2.45) is 5.92 Å². The van der Waals surface area contributed by atoms with E-state index in [0.717, 1.165) is 13.0 Å². The number of amides is 1. The van der Waals surface area contributed by atoms with Gasteiger partial charge in [-0.3, -0.25) is 0 Å². The minimum atomic E-state index is -0.465. The molecule has 0 aliphatic carbocycles. The zero-order chi connectivity index (χ0) is 18.2. The first kappa shape index (κ1) is 20.5. The van der Waals surface area contributed by atoms with Gasteiger partial charge in [-0.25, -0.2) is 4.79 Å². The van der Waals surface area contributed by atoms with E-state index in [1.807, 2.05) is 26.8 Å². The Morgan fingerprint density at radius 2 is 1.71 bits per heavy atom. The van der Waals surface area contributed by atoms with Crippen LogP contribution in [0.4, 0.5) is 4.79 Å². The number of hydrogen-bond donors (Lipinski definition) is 2. The minimum absolute atomic E-state index is 0.240. The number of rotatable bonds is 8. The first-order valence-corrected chi connectivity index (χ1v) is 8.92. The van der Waals surface area contributed by atoms with Crippen LogP contribution in [0.3, 0.4) is 0 Å². The van der Waals surface area contributed by atoms with Gasteiger partial charge in [0.1, 0.15) is 5.60 Å². The van der Waals surface area contributed by atoms with E-state index in [1.54, 1.807) is 0 Å². The fourth-order valence-corrected chi connectivity index (χ4v) is 2.57. The molecule has 0 radical (unpaired) electrons. The molecule has 0 fully saturated rings. The van der Waals surface area contributed by atoms with E-state index < -0.39 is 5.60 Å². The molecular formula is C20H34N2O2. The highest BCUT2D eigenvalue weighted by molar-refractivity contribution is 5.67. The van der Waals surface area contributed by atoms with Gasteiger partial charge in [0.2, 0.25) is 0 Å². The number of benzene rings is 1. The van der Waals surface area contributed by atoms with E-state index in [1.165, 1.54) is 5.56 Å². The largest absolute Gasteiger partial charge is 0.444 e. The van der Waals surface area contributed by atoms with Gasteiger partial charge in [-0.2, -0.15) is 0 Å². The van der Waals surface area contributed by atoms with Crippen molar-refractivity contribution in [2.75, 3.05) is 13.1 Å². The van der Waals surface area contributed by atoms with Crippen LogP contribution >= 0.6 is 0 Å². The monoisotopic (exact) mass is 334 g/mol. The summed E-state index contributed by atoms with van der Waals surface area (Å²) in [5.41, 5.74) is 0.862. The summed E-state index contributed by atoms with van der Waals surface area (Å²) >= 11 is 0. The lowest BCUT2D eigenvalue weighted by Gasteiger charge is -2.25. The highest BCUT2D eigenvalue weighted by Gasteiger charge is 2.18. The molecule has 2 atom stereocenters. The smallest absolute Gasteiger partial charge is 0.407 e. The summed E-state index contributed by atoms with van der Waals surface area (Å²) in [6.07, 6.45) is 0.659. The fraction of sp³-hybridized carbons (Fsp3) is 0.650. The molecule has 0 saturated carbocycles. The van der Waals surface area contributed by atoms with Crippen LogP contribution in [0.1, 0.15) is 59.4 Å². The number of carbonyl (C=O) groups is 1. The van der Waals surface area contributed by atoms with Gasteiger partial charge in [-0.05, 0) is 44.6 Å². The molecule has 1 aromatic rings. The zero-order valence-electron chi connectivity index (χ0n) is 16.1. The molecule has 136 valence electrons. The molecule has 0 bridgehead atoms. The molecule has 0 aromatic heterocycles. The van der Waals surface area contributed by atoms with Crippen molar-refractivity contribution < 1.29 is 9.53 Å². The second kappa shape index (κ2) is 9.67. The van der Waals surface area contributed by atoms with Crippen LogP contribution in [0.25, 0.3) is 0 Å². The van der Waals surface area contributed by atoms with Crippen molar-refractivity contribution >= 4 is 6.09 Å². The van der Waals surface area contributed by atoms with Crippen molar-refractivity contribution in [2.45, 2.75) is 65.5 Å². The molecule has 4 nitrogen and oxygen atoms in total. The number of ether oxygens (including phenoxy) is 1. The Morgan fingerprint density at radius 1 is 1.08 bits per heavy atom. The summed E-state index contributed by atoms with van der Waals surface area (Å²) < 4.78 is 5.31. The second-order valence-electron chi connectivity index (χ2n) is 7.93. The van der Waals surface area contributed by atoms with Crippen LogP contribution < -0.4 is 10.6 Å². The molecule has 0 spiro atoms. The summed E-state index contributed by atoms with van der Waals surface area (Å²) in [5.74, 6) is 0.998. The highest BCUT2D eigenvalue weighted by atomic mass is 16.6. The van der Waals surface area contributed by atoms with E-state index in [4.69, 9.17) is 4.74 Å². The molecule has 2 unspecified atom stereocenters. The first-order valence-electron chi connectivity index (χ1n) is 8.92. The molecular weight excluding hydrogens is 300 g/mol. The van der Waals surface area contributed by atoms with E-state index in [9.17, 15) is 4.79 Å². The number of hydrogen-bond acceptors (Lipinski definition) is 3. The Hall–Kier alpha value is -1.55. The normalized spacial score (nSPS) is 14.3. The Balaban J connectivity index is 2.48. The Kier molecular flexibility index (Phi) is 8.26. The van der Waals surface area contributed by atoms with Crippen LogP contribution in [-0.2, 0) is 4.74 Å². The van der Waals surface area contributed by atoms with Crippen molar-refractivity contribution in [1.82, 2.24) is 10.6 Å². The number of alkyl carbamates (subject to hydrolysis) is 1. The van der Waals surface area contributed by atoms with E-state index in [0.29, 0.717) is 18.4 Å². The summed E-state index contributed by atoms with van der Waals surface area (Å²) in [5, 5.41) is 6.48. The van der Waals surface area contributed by atoms with Gasteiger partial charge in [0, 0.05) is 19.1 Å². The highest BCUT2D eigenvalue weighted by Crippen LogP contribution is 2.14. The zero-order valence-corrected chi connectivity index (χ0v) is 16.1. The minimum Gasteiger partial charge on any atom is -0.444 e. The fourth-order valence-electron chi connectivity index (χ4n) is 2.57. The van der Waals surface area contributed by atoms with Crippen molar-refractivity contribution in [1.29, 1.82) is 0 Å². The first-order chi connectivity index (χ1) is 11.2. The van der Waals surface area contributed by atoms with Crippen LogP contribution in [0, 0.1) is 5.92 Å². The van der Waals surface area contributed by atoms with Gasteiger partial charge >= 0.3 is 6.09 Å². The third-order valence-electron chi connectivity index (χ3n) is 3.73. The van der Waals surface area contributed by atoms with Gasteiger partial charge in [0.25, 0.3) is 0 Å². The molecule has 0 aliphatic rings. The second-order valence-corrected chi connectivity index (χ2v) is 7.93. The van der Waals surface area contributed by atoms with Gasteiger partial charge in [-0.15, -0.1) is 0 Å². The molecule has 0 saturated heterocycles. The molecule has 0 heterocycles. The lowest BCUT2D eigenvalue weighted by atomic mass is 9.99. The average Bonchev–Trinajstić information content (AvgIpc) is 2.48. The van der Waals surface area contributed by atoms with Crippen molar-refractivity contribution in [3.8, 4) is 0 Å². The maximum absolute atomic E-state index is 11.8. The summed E-state index contributed by atoms with van der Waals surface area (Å²) in [6, 6.07) is 10.7. The van der Waals surface area contributed by atoms with Crippen LogP contribution in [0.2, 0.25) is 0 Å². The lowest BCUT2D eigenvalue weighted by Crippen LogP contribution is -2.44. The Bertz CT molecular complexity index is 480. The maximum atomic E-state index is 11.8. The van der Waals surface area contributed by atoms with Gasteiger partial charge < -0.3 is 15.4 Å². The topological polar surface area (TPSA) is 50.4 Å². The molecule has 1 aromatic carbocycles. The summed E-state index contributed by atoms with van der Waals surface area (Å²) in [4.78, 5) is 11.8. The predicted molar refractivity (Wildman–Crippen MR) is 100 cm³/mol. The van der Waals surface area contributed by atoms with Crippen molar-refractivity contribution in [3.05, 3.63) is 35.9 Å². The molecule has 1 amide bonds. The summed E-state index contributed by atoms with van der Waals surface area (Å²) in [7, 11) is 0. The Morgan fingerprint density at radius 3 is 2.25 bits per heavy atom.